The molecule has 1 aromatic rings. The lowest BCUT2D eigenvalue weighted by Gasteiger charge is -2.17. The molecule has 5 heteroatoms. The van der Waals surface area contributed by atoms with E-state index >= 15 is 0 Å². The van der Waals surface area contributed by atoms with Gasteiger partial charge in [0.25, 0.3) is 0 Å². The first-order valence-electron chi connectivity index (χ1n) is 4.55. The monoisotopic (exact) mass is 195 g/mol. The first-order valence-corrected chi connectivity index (χ1v) is 4.55. The van der Waals surface area contributed by atoms with Gasteiger partial charge in [0.05, 0.1) is 24.3 Å². The highest BCUT2D eigenvalue weighted by Gasteiger charge is 2.15. The van der Waals surface area contributed by atoms with E-state index in [0.717, 1.165) is 5.69 Å². The Morgan fingerprint density at radius 3 is 2.64 bits per heavy atom. The zero-order valence-corrected chi connectivity index (χ0v) is 9.15. The summed E-state index contributed by atoms with van der Waals surface area (Å²) in [5, 5.41) is 7.58. The van der Waals surface area contributed by atoms with E-state index in [0.29, 0.717) is 12.4 Å². The summed E-state index contributed by atoms with van der Waals surface area (Å²) in [5.74, 6) is 0.652. The molecule has 0 aliphatic rings. The molecular formula is C9H17N5. The molecule has 5 nitrogen and oxygen atoms in total. The van der Waals surface area contributed by atoms with E-state index < -0.39 is 0 Å². The van der Waals surface area contributed by atoms with Crippen LogP contribution in [0.2, 0.25) is 0 Å². The topological polar surface area (TPSA) is 69.1 Å². The van der Waals surface area contributed by atoms with Gasteiger partial charge in [-0.3, -0.25) is 9.67 Å². The molecule has 0 spiro atoms. The number of nitrogens with two attached hydrogens (primary N) is 1. The summed E-state index contributed by atoms with van der Waals surface area (Å²) >= 11 is 0. The molecule has 0 saturated heterocycles. The summed E-state index contributed by atoms with van der Waals surface area (Å²) < 4.78 is 1.69. The number of hydrogen-bond donors (Lipinski definition) is 1. The number of nitrogens with zero attached hydrogens (tertiary/aromatic N) is 4. The first-order chi connectivity index (χ1) is 6.41. The van der Waals surface area contributed by atoms with Crippen LogP contribution in [0.1, 0.15) is 26.5 Å². The van der Waals surface area contributed by atoms with Crippen molar-refractivity contribution in [1.82, 2.24) is 15.0 Å². The summed E-state index contributed by atoms with van der Waals surface area (Å²) in [6, 6.07) is 0. The van der Waals surface area contributed by atoms with E-state index in [1.807, 2.05) is 27.8 Å². The molecule has 0 radical (unpaired) electrons. The molecule has 0 amide bonds. The van der Waals surface area contributed by atoms with Crippen LogP contribution in [0.4, 0.5) is 0 Å². The lowest BCUT2D eigenvalue weighted by Crippen LogP contribution is -2.29. The standard InChI is InChI=1S/C9H17N5/c1-9(2,3)8(10)11-5-7-6-12-13-14(7)4/h6H,5H2,1-4H3,(H2,10,11). The Kier molecular flexibility index (Phi) is 2.88. The number of aryl methyl sites for hydroxylation is 1. The highest BCUT2D eigenvalue weighted by atomic mass is 15.4. The minimum atomic E-state index is -0.0774. The van der Waals surface area contributed by atoms with Gasteiger partial charge in [-0.15, -0.1) is 5.10 Å². The average molecular weight is 195 g/mol. The van der Waals surface area contributed by atoms with Gasteiger partial charge in [-0.25, -0.2) is 0 Å². The van der Waals surface area contributed by atoms with Crippen LogP contribution in [-0.2, 0) is 13.6 Å². The van der Waals surface area contributed by atoms with Crippen molar-refractivity contribution in [3.63, 3.8) is 0 Å². The molecule has 0 aliphatic heterocycles. The minimum absolute atomic E-state index is 0.0774. The maximum Gasteiger partial charge on any atom is 0.0996 e. The van der Waals surface area contributed by atoms with Crippen molar-refractivity contribution >= 4 is 5.84 Å². The second kappa shape index (κ2) is 3.77. The van der Waals surface area contributed by atoms with Crippen LogP contribution in [0.5, 0.6) is 0 Å². The Balaban J connectivity index is 2.69. The Hall–Kier alpha value is -1.39. The molecule has 0 aliphatic carbocycles. The molecule has 0 bridgehead atoms. The van der Waals surface area contributed by atoms with E-state index in [4.69, 9.17) is 5.73 Å². The van der Waals surface area contributed by atoms with Gasteiger partial charge in [0, 0.05) is 12.5 Å². The lowest BCUT2D eigenvalue weighted by atomic mass is 9.95. The predicted molar refractivity (Wildman–Crippen MR) is 55.8 cm³/mol. The van der Waals surface area contributed by atoms with Gasteiger partial charge >= 0.3 is 0 Å². The molecule has 1 rings (SSSR count). The summed E-state index contributed by atoms with van der Waals surface area (Å²) in [4.78, 5) is 4.29. The van der Waals surface area contributed by atoms with E-state index in [-0.39, 0.29) is 5.41 Å². The summed E-state index contributed by atoms with van der Waals surface area (Å²) in [5.41, 5.74) is 6.70. The molecule has 2 N–H and O–H groups in total. The zero-order valence-electron chi connectivity index (χ0n) is 9.15. The van der Waals surface area contributed by atoms with Crippen molar-refractivity contribution in [3.8, 4) is 0 Å². The molecule has 0 aromatic carbocycles. The Bertz CT molecular complexity index is 331. The average Bonchev–Trinajstić information content (AvgIpc) is 2.45. The molecule has 14 heavy (non-hydrogen) atoms. The van der Waals surface area contributed by atoms with Crippen LogP contribution in [0.3, 0.4) is 0 Å². The first kappa shape index (κ1) is 10.7. The van der Waals surface area contributed by atoms with Crippen molar-refractivity contribution < 1.29 is 0 Å². The number of amidine groups is 1. The number of rotatable bonds is 2. The van der Waals surface area contributed by atoms with E-state index in [9.17, 15) is 0 Å². The van der Waals surface area contributed by atoms with Crippen molar-refractivity contribution in [2.45, 2.75) is 27.3 Å². The number of aromatic nitrogens is 3. The normalized spacial score (nSPS) is 13.3. The second-order valence-corrected chi connectivity index (χ2v) is 4.30. The highest BCUT2D eigenvalue weighted by Crippen LogP contribution is 2.13. The number of hydrogen-bond acceptors (Lipinski definition) is 3. The molecule has 78 valence electrons. The van der Waals surface area contributed by atoms with Gasteiger partial charge in [-0.05, 0) is 0 Å². The maximum absolute atomic E-state index is 5.82. The van der Waals surface area contributed by atoms with Crippen LogP contribution in [0.15, 0.2) is 11.2 Å². The van der Waals surface area contributed by atoms with Crippen LogP contribution >= 0.6 is 0 Å². The van der Waals surface area contributed by atoms with Crippen molar-refractivity contribution in [2.75, 3.05) is 0 Å². The van der Waals surface area contributed by atoms with E-state index in [1.165, 1.54) is 0 Å². The predicted octanol–water partition coefficient (Wildman–Crippen LogP) is 0.718. The van der Waals surface area contributed by atoms with Gasteiger partial charge in [0.15, 0.2) is 0 Å². The molecule has 0 atom stereocenters. The summed E-state index contributed by atoms with van der Waals surface area (Å²) in [7, 11) is 1.84. The lowest BCUT2D eigenvalue weighted by molar-refractivity contribution is 0.579. The third-order valence-electron chi connectivity index (χ3n) is 1.99. The van der Waals surface area contributed by atoms with Gasteiger partial charge in [0.2, 0.25) is 0 Å². The third-order valence-corrected chi connectivity index (χ3v) is 1.99. The Labute approximate surface area is 84.0 Å². The van der Waals surface area contributed by atoms with Gasteiger partial charge < -0.3 is 5.73 Å². The van der Waals surface area contributed by atoms with Crippen molar-refractivity contribution in [1.29, 1.82) is 0 Å². The summed E-state index contributed by atoms with van der Waals surface area (Å²) in [6.07, 6.45) is 1.69. The fourth-order valence-corrected chi connectivity index (χ4v) is 0.857. The fraction of sp³-hybridized carbons (Fsp3) is 0.667. The Morgan fingerprint density at radius 1 is 1.57 bits per heavy atom. The zero-order chi connectivity index (χ0) is 10.8. The van der Waals surface area contributed by atoms with Gasteiger partial charge in [-0.2, -0.15) is 0 Å². The maximum atomic E-state index is 5.82. The van der Waals surface area contributed by atoms with Crippen molar-refractivity contribution in [3.05, 3.63) is 11.9 Å². The molecule has 0 fully saturated rings. The van der Waals surface area contributed by atoms with Crippen LogP contribution in [0.25, 0.3) is 0 Å². The van der Waals surface area contributed by atoms with Gasteiger partial charge in [-0.1, -0.05) is 26.0 Å². The largest absolute Gasteiger partial charge is 0.387 e. The van der Waals surface area contributed by atoms with Crippen molar-refractivity contribution in [2.24, 2.45) is 23.2 Å². The molecular weight excluding hydrogens is 178 g/mol. The van der Waals surface area contributed by atoms with Crippen LogP contribution < -0.4 is 5.73 Å². The minimum Gasteiger partial charge on any atom is -0.387 e. The van der Waals surface area contributed by atoms with E-state index in [2.05, 4.69) is 15.3 Å². The third kappa shape index (κ3) is 2.55. The second-order valence-electron chi connectivity index (χ2n) is 4.30. The smallest absolute Gasteiger partial charge is 0.0996 e. The molecule has 0 saturated carbocycles. The van der Waals surface area contributed by atoms with E-state index in [1.54, 1.807) is 10.9 Å². The quantitative estimate of drug-likeness (QED) is 0.558. The summed E-state index contributed by atoms with van der Waals surface area (Å²) in [6.45, 7) is 6.64. The fourth-order valence-electron chi connectivity index (χ4n) is 0.857. The van der Waals surface area contributed by atoms with Crippen LogP contribution in [-0.4, -0.2) is 20.8 Å². The Morgan fingerprint density at radius 2 is 2.21 bits per heavy atom. The van der Waals surface area contributed by atoms with Gasteiger partial charge in [0.1, 0.15) is 0 Å². The molecule has 1 aromatic heterocycles. The molecule has 1 heterocycles. The highest BCUT2D eigenvalue weighted by molar-refractivity contribution is 5.85. The SMILES string of the molecule is Cn1nncc1CN=C(N)C(C)(C)C. The van der Waals surface area contributed by atoms with Crippen LogP contribution in [0, 0.1) is 5.41 Å². The molecule has 0 unspecified atom stereocenters. The number of aliphatic imine (C=N–C) groups is 1.